The minimum Gasteiger partial charge on any atom is -0.462 e. The maximum absolute atomic E-state index is 11.9. The van der Waals surface area contributed by atoms with E-state index in [0.717, 1.165) is 0 Å². The molecule has 4 aliphatic carbocycles. The van der Waals surface area contributed by atoms with E-state index in [1.54, 1.807) is 27.7 Å². The second-order valence-electron chi connectivity index (χ2n) is 11.3. The summed E-state index contributed by atoms with van der Waals surface area (Å²) in [4.78, 5) is 11.9. The zero-order valence-corrected chi connectivity index (χ0v) is 18.1. The lowest BCUT2D eigenvalue weighted by Crippen LogP contribution is -2.60. The van der Waals surface area contributed by atoms with Crippen molar-refractivity contribution in [1.29, 1.82) is 0 Å². The molecule has 0 aromatic heterocycles. The van der Waals surface area contributed by atoms with Gasteiger partial charge in [-0.15, -0.1) is 0 Å². The van der Waals surface area contributed by atoms with Gasteiger partial charge in [0.15, 0.2) is 0 Å². The largest absolute Gasteiger partial charge is 0.462 e. The third kappa shape index (κ3) is 2.45. The van der Waals surface area contributed by atoms with Crippen LogP contribution in [-0.4, -0.2) is 66.6 Å². The summed E-state index contributed by atoms with van der Waals surface area (Å²) in [6, 6.07) is 0. The van der Waals surface area contributed by atoms with Crippen molar-refractivity contribution in [3.8, 4) is 0 Å². The molecule has 0 aromatic rings. The van der Waals surface area contributed by atoms with Gasteiger partial charge in [-0.2, -0.15) is 0 Å². The Morgan fingerprint density at radius 3 is 2.17 bits per heavy atom. The van der Waals surface area contributed by atoms with Crippen LogP contribution in [0, 0.1) is 28.6 Å². The summed E-state index contributed by atoms with van der Waals surface area (Å²) in [7, 11) is 0. The van der Waals surface area contributed by atoms with Crippen LogP contribution in [0.5, 0.6) is 0 Å². The fraction of sp³-hybridized carbons (Fsp3) is 0.955. The highest BCUT2D eigenvalue weighted by Crippen LogP contribution is 2.70. The molecule has 166 valence electrons. The quantitative estimate of drug-likeness (QED) is 0.402. The van der Waals surface area contributed by atoms with Crippen LogP contribution < -0.4 is 0 Å². The van der Waals surface area contributed by atoms with Gasteiger partial charge in [0.1, 0.15) is 11.7 Å². The monoisotopic (exact) mass is 412 g/mol. The van der Waals surface area contributed by atoms with Crippen molar-refractivity contribution in [2.45, 2.75) is 102 Å². The molecule has 1 spiro atoms. The minimum atomic E-state index is -1.70. The summed E-state index contributed by atoms with van der Waals surface area (Å²) in [5.41, 5.74) is -6.08. The Balaban J connectivity index is 1.90. The standard InChI is InChI=1S/C22H36O7/c1-11(23)29-17-12-6-7-13-20(5,27)14-8-15(24)18(2,3)22(14,28)16(25)9-21(13,17)10-19(12,4)26/h12-17,24-28H,6-10H2,1-5H3/t12-,13+,14+,15+,16+,17+,19-,20-,21+,22+/m1/s1. The number of hydrogen-bond donors (Lipinski definition) is 5. The fourth-order valence-electron chi connectivity index (χ4n) is 8.14. The summed E-state index contributed by atoms with van der Waals surface area (Å²) in [5.74, 6) is -1.86. The lowest BCUT2D eigenvalue weighted by molar-refractivity contribution is -0.202. The van der Waals surface area contributed by atoms with Gasteiger partial charge in [-0.05, 0) is 51.9 Å². The molecule has 0 radical (unpaired) electrons. The van der Waals surface area contributed by atoms with Crippen LogP contribution in [0.25, 0.3) is 0 Å². The van der Waals surface area contributed by atoms with Gasteiger partial charge in [0.25, 0.3) is 0 Å². The average Bonchev–Trinajstić information content (AvgIpc) is 2.80. The van der Waals surface area contributed by atoms with E-state index < -0.39 is 57.8 Å². The molecule has 7 heteroatoms. The molecule has 4 aliphatic rings. The highest BCUT2D eigenvalue weighted by molar-refractivity contribution is 5.66. The number of aliphatic hydroxyl groups excluding tert-OH is 2. The predicted molar refractivity (Wildman–Crippen MR) is 104 cm³/mol. The number of esters is 1. The van der Waals surface area contributed by atoms with Crippen molar-refractivity contribution in [3.63, 3.8) is 0 Å². The number of aliphatic hydroxyl groups is 5. The maximum Gasteiger partial charge on any atom is 0.302 e. The molecule has 4 saturated carbocycles. The lowest BCUT2D eigenvalue weighted by atomic mass is 9.57. The van der Waals surface area contributed by atoms with Crippen molar-refractivity contribution in [1.82, 2.24) is 0 Å². The first-order valence-corrected chi connectivity index (χ1v) is 10.8. The molecule has 0 saturated heterocycles. The third-order valence-electron chi connectivity index (χ3n) is 9.52. The van der Waals surface area contributed by atoms with E-state index in [9.17, 15) is 30.3 Å². The van der Waals surface area contributed by atoms with Crippen LogP contribution in [0.4, 0.5) is 0 Å². The number of ether oxygens (including phenoxy) is 1. The molecule has 2 bridgehead atoms. The first kappa shape index (κ1) is 21.5. The Labute approximate surface area is 172 Å². The SMILES string of the molecule is CC(=O)O[C@H]1[C@H]2CC[C@H]3[C@@](C)(O)[C@@H]4C[C@H](O)C(C)(C)[C@@]4(O)[C@@H](O)C[C@@]13C[C@@]2(C)O. The summed E-state index contributed by atoms with van der Waals surface area (Å²) >= 11 is 0. The molecule has 4 fully saturated rings. The lowest BCUT2D eigenvalue weighted by Gasteiger charge is -2.51. The Kier molecular flexibility index (Phi) is 4.41. The smallest absolute Gasteiger partial charge is 0.302 e. The molecule has 29 heavy (non-hydrogen) atoms. The molecular weight excluding hydrogens is 376 g/mol. The van der Waals surface area contributed by atoms with E-state index in [0.29, 0.717) is 12.8 Å². The Hall–Kier alpha value is -0.730. The first-order chi connectivity index (χ1) is 13.1. The van der Waals surface area contributed by atoms with E-state index in [1.807, 2.05) is 0 Å². The maximum atomic E-state index is 11.9. The number of fused-ring (bicyclic) bond motifs is 2. The van der Waals surface area contributed by atoms with Crippen molar-refractivity contribution < 1.29 is 35.1 Å². The van der Waals surface area contributed by atoms with Gasteiger partial charge < -0.3 is 30.3 Å². The molecule has 4 rings (SSSR count). The average molecular weight is 413 g/mol. The molecule has 5 N–H and O–H groups in total. The summed E-state index contributed by atoms with van der Waals surface area (Å²) in [6.45, 7) is 8.20. The summed E-state index contributed by atoms with van der Waals surface area (Å²) < 4.78 is 5.75. The van der Waals surface area contributed by atoms with E-state index in [2.05, 4.69) is 0 Å². The topological polar surface area (TPSA) is 127 Å². The second-order valence-corrected chi connectivity index (χ2v) is 11.3. The minimum absolute atomic E-state index is 0.0988. The summed E-state index contributed by atoms with van der Waals surface area (Å²) in [6.07, 6.45) is -0.985. The van der Waals surface area contributed by atoms with Crippen LogP contribution >= 0.6 is 0 Å². The van der Waals surface area contributed by atoms with Crippen LogP contribution in [0.1, 0.15) is 66.7 Å². The first-order valence-electron chi connectivity index (χ1n) is 10.8. The Morgan fingerprint density at radius 1 is 0.966 bits per heavy atom. The van der Waals surface area contributed by atoms with E-state index in [-0.39, 0.29) is 31.1 Å². The van der Waals surface area contributed by atoms with Crippen molar-refractivity contribution in [3.05, 3.63) is 0 Å². The molecule has 0 aromatic carbocycles. The molecule has 0 amide bonds. The molecule has 7 nitrogen and oxygen atoms in total. The number of carbonyl (C=O) groups excluding carboxylic acids is 1. The number of hydrogen-bond acceptors (Lipinski definition) is 7. The van der Waals surface area contributed by atoms with Crippen molar-refractivity contribution >= 4 is 5.97 Å². The van der Waals surface area contributed by atoms with Crippen LogP contribution in [-0.2, 0) is 9.53 Å². The van der Waals surface area contributed by atoms with Crippen LogP contribution in [0.15, 0.2) is 0 Å². The number of rotatable bonds is 1. The van der Waals surface area contributed by atoms with Gasteiger partial charge in [0.05, 0.1) is 23.4 Å². The normalized spacial score (nSPS) is 58.3. The van der Waals surface area contributed by atoms with Crippen LogP contribution in [0.3, 0.4) is 0 Å². The third-order valence-corrected chi connectivity index (χ3v) is 9.52. The van der Waals surface area contributed by atoms with Gasteiger partial charge in [-0.25, -0.2) is 0 Å². The molecule has 10 atom stereocenters. The van der Waals surface area contributed by atoms with Gasteiger partial charge in [0.2, 0.25) is 0 Å². The van der Waals surface area contributed by atoms with Gasteiger partial charge in [0, 0.05) is 29.6 Å². The molecular formula is C22H36O7. The summed E-state index contributed by atoms with van der Waals surface area (Å²) in [5, 5.41) is 57.0. The van der Waals surface area contributed by atoms with Crippen molar-refractivity contribution in [2.75, 3.05) is 0 Å². The zero-order valence-electron chi connectivity index (χ0n) is 18.1. The Morgan fingerprint density at radius 2 is 1.59 bits per heavy atom. The van der Waals surface area contributed by atoms with Crippen molar-refractivity contribution in [2.24, 2.45) is 28.6 Å². The number of carbonyl (C=O) groups is 1. The highest BCUT2D eigenvalue weighted by atomic mass is 16.5. The second kappa shape index (κ2) is 5.94. The van der Waals surface area contributed by atoms with Gasteiger partial charge in [-0.1, -0.05) is 13.8 Å². The van der Waals surface area contributed by atoms with Gasteiger partial charge in [-0.3, -0.25) is 4.79 Å². The van der Waals surface area contributed by atoms with E-state index >= 15 is 0 Å². The molecule has 0 aliphatic heterocycles. The molecule has 0 heterocycles. The van der Waals surface area contributed by atoms with E-state index in [4.69, 9.17) is 4.74 Å². The fourth-order valence-corrected chi connectivity index (χ4v) is 8.14. The van der Waals surface area contributed by atoms with E-state index in [1.165, 1.54) is 6.92 Å². The highest BCUT2D eigenvalue weighted by Gasteiger charge is 2.77. The molecule has 0 unspecified atom stereocenters. The van der Waals surface area contributed by atoms with Gasteiger partial charge >= 0.3 is 5.97 Å². The predicted octanol–water partition coefficient (Wildman–Crippen LogP) is 0.739. The zero-order chi connectivity index (χ0) is 21.8. The van der Waals surface area contributed by atoms with Crippen LogP contribution in [0.2, 0.25) is 0 Å². The Bertz CT molecular complexity index is 716.